The maximum Gasteiger partial charge on any atom is 0.317 e. The summed E-state index contributed by atoms with van der Waals surface area (Å²) in [6.07, 6.45) is 0.455. The number of rotatable bonds is 3. The Labute approximate surface area is 111 Å². The molecule has 104 valence electrons. The Kier molecular flexibility index (Phi) is 4.14. The minimum Gasteiger partial charge on any atom is -0.497 e. The summed E-state index contributed by atoms with van der Waals surface area (Å²) in [5.41, 5.74) is 0.936. The van der Waals surface area contributed by atoms with Gasteiger partial charge in [-0.05, 0) is 30.7 Å². The Morgan fingerprint density at radius 3 is 2.63 bits per heavy atom. The lowest BCUT2D eigenvalue weighted by Crippen LogP contribution is -2.39. The molecule has 1 aliphatic heterocycles. The molecule has 19 heavy (non-hydrogen) atoms. The molecule has 1 fully saturated rings. The first-order valence-corrected chi connectivity index (χ1v) is 6.28. The van der Waals surface area contributed by atoms with Crippen molar-refractivity contribution in [3.8, 4) is 5.75 Å². The van der Waals surface area contributed by atoms with E-state index in [0.717, 1.165) is 11.3 Å². The lowest BCUT2D eigenvalue weighted by atomic mass is 10.1. The number of carbonyl (C=O) groups excluding carboxylic acids is 1. The minimum absolute atomic E-state index is 0.0356. The van der Waals surface area contributed by atoms with E-state index in [1.807, 2.05) is 12.1 Å². The maximum absolute atomic E-state index is 13.5. The largest absolute Gasteiger partial charge is 0.497 e. The molecule has 0 saturated carbocycles. The second-order valence-corrected chi connectivity index (χ2v) is 4.79. The van der Waals surface area contributed by atoms with E-state index in [0.29, 0.717) is 19.5 Å². The molecule has 0 amide bonds. The van der Waals surface area contributed by atoms with Crippen LogP contribution in [-0.4, -0.2) is 36.8 Å². The SMILES string of the molecule is COc1ccc(CN2CCCC(=O)C(F)(F)C2)cc1. The molecule has 5 heteroatoms. The lowest BCUT2D eigenvalue weighted by molar-refractivity contribution is -0.143. The highest BCUT2D eigenvalue weighted by Crippen LogP contribution is 2.24. The fraction of sp³-hybridized carbons (Fsp3) is 0.500. The first-order valence-electron chi connectivity index (χ1n) is 6.28. The van der Waals surface area contributed by atoms with Crippen LogP contribution in [0.2, 0.25) is 0 Å². The molecule has 2 rings (SSSR count). The second kappa shape index (κ2) is 5.65. The van der Waals surface area contributed by atoms with Crippen molar-refractivity contribution in [1.82, 2.24) is 4.90 Å². The molecule has 0 radical (unpaired) electrons. The predicted molar refractivity (Wildman–Crippen MR) is 67.5 cm³/mol. The predicted octanol–water partition coefficient (Wildman–Crippen LogP) is 2.50. The van der Waals surface area contributed by atoms with E-state index in [1.54, 1.807) is 24.1 Å². The number of carbonyl (C=O) groups is 1. The molecule has 0 unspecified atom stereocenters. The van der Waals surface area contributed by atoms with E-state index >= 15 is 0 Å². The Bertz CT molecular complexity index is 445. The van der Waals surface area contributed by atoms with Crippen LogP contribution in [0.5, 0.6) is 5.75 Å². The molecule has 0 N–H and O–H groups in total. The van der Waals surface area contributed by atoms with Gasteiger partial charge in [-0.2, -0.15) is 8.78 Å². The van der Waals surface area contributed by atoms with Gasteiger partial charge in [0.05, 0.1) is 13.7 Å². The molecular weight excluding hydrogens is 252 g/mol. The third-order valence-corrected chi connectivity index (χ3v) is 3.27. The highest BCUT2D eigenvalue weighted by atomic mass is 19.3. The van der Waals surface area contributed by atoms with Crippen LogP contribution in [0.1, 0.15) is 18.4 Å². The molecule has 0 aliphatic carbocycles. The number of ketones is 1. The molecule has 1 aliphatic rings. The Morgan fingerprint density at radius 1 is 1.32 bits per heavy atom. The Balaban J connectivity index is 2.03. The normalized spacial score (nSPS) is 20.1. The smallest absolute Gasteiger partial charge is 0.317 e. The van der Waals surface area contributed by atoms with E-state index in [2.05, 4.69) is 0 Å². The number of nitrogens with zero attached hydrogens (tertiary/aromatic N) is 1. The average Bonchev–Trinajstić information content (AvgIpc) is 2.50. The molecule has 1 saturated heterocycles. The molecule has 3 nitrogen and oxygen atoms in total. The highest BCUT2D eigenvalue weighted by molar-refractivity contribution is 5.86. The third-order valence-electron chi connectivity index (χ3n) is 3.27. The molecule has 0 spiro atoms. The monoisotopic (exact) mass is 269 g/mol. The van der Waals surface area contributed by atoms with Crippen molar-refractivity contribution < 1.29 is 18.3 Å². The summed E-state index contributed by atoms with van der Waals surface area (Å²) in [4.78, 5) is 12.9. The number of alkyl halides is 2. The zero-order valence-corrected chi connectivity index (χ0v) is 10.9. The zero-order valence-electron chi connectivity index (χ0n) is 10.9. The van der Waals surface area contributed by atoms with Gasteiger partial charge in [0, 0.05) is 13.0 Å². The lowest BCUT2D eigenvalue weighted by Gasteiger charge is -2.23. The number of ether oxygens (including phenoxy) is 1. The Morgan fingerprint density at radius 2 is 2.00 bits per heavy atom. The number of likely N-dealkylation sites (tertiary alicyclic amines) is 1. The number of hydrogen-bond donors (Lipinski definition) is 0. The first-order chi connectivity index (χ1) is 9.01. The van der Waals surface area contributed by atoms with E-state index in [1.165, 1.54) is 0 Å². The summed E-state index contributed by atoms with van der Waals surface area (Å²) in [7, 11) is 1.58. The van der Waals surface area contributed by atoms with Gasteiger partial charge in [0.15, 0.2) is 0 Å². The summed E-state index contributed by atoms with van der Waals surface area (Å²) in [6, 6.07) is 7.31. The minimum atomic E-state index is -3.22. The summed E-state index contributed by atoms with van der Waals surface area (Å²) in [6.45, 7) is 0.456. The molecule has 1 aromatic rings. The number of benzene rings is 1. The van der Waals surface area contributed by atoms with E-state index in [-0.39, 0.29) is 6.42 Å². The summed E-state index contributed by atoms with van der Waals surface area (Å²) >= 11 is 0. The van der Waals surface area contributed by atoms with Crippen LogP contribution in [0.15, 0.2) is 24.3 Å². The van der Waals surface area contributed by atoms with E-state index < -0.39 is 18.3 Å². The van der Waals surface area contributed by atoms with Crippen LogP contribution in [-0.2, 0) is 11.3 Å². The van der Waals surface area contributed by atoms with Crippen LogP contribution in [0.3, 0.4) is 0 Å². The fourth-order valence-electron chi connectivity index (χ4n) is 2.22. The molecule has 0 atom stereocenters. The van der Waals surface area contributed by atoms with Crippen LogP contribution in [0, 0.1) is 0 Å². The van der Waals surface area contributed by atoms with Crippen molar-refractivity contribution in [1.29, 1.82) is 0 Å². The van der Waals surface area contributed by atoms with Gasteiger partial charge < -0.3 is 4.74 Å². The van der Waals surface area contributed by atoms with Crippen molar-refractivity contribution in [3.63, 3.8) is 0 Å². The van der Waals surface area contributed by atoms with Gasteiger partial charge >= 0.3 is 5.92 Å². The highest BCUT2D eigenvalue weighted by Gasteiger charge is 2.41. The number of Topliss-reactive ketones (excluding diaryl/α,β-unsaturated/α-hetero) is 1. The van der Waals surface area contributed by atoms with Crippen molar-refractivity contribution >= 4 is 5.78 Å². The van der Waals surface area contributed by atoms with Crippen molar-refractivity contribution in [2.75, 3.05) is 20.2 Å². The van der Waals surface area contributed by atoms with Gasteiger partial charge in [-0.3, -0.25) is 9.69 Å². The quantitative estimate of drug-likeness (QED) is 0.844. The summed E-state index contributed by atoms with van der Waals surface area (Å²) in [5, 5.41) is 0. The van der Waals surface area contributed by atoms with Crippen molar-refractivity contribution in [2.24, 2.45) is 0 Å². The average molecular weight is 269 g/mol. The molecule has 0 bridgehead atoms. The zero-order chi connectivity index (χ0) is 13.9. The van der Waals surface area contributed by atoms with Gasteiger partial charge in [0.1, 0.15) is 5.75 Å². The number of halogens is 2. The van der Waals surface area contributed by atoms with Gasteiger partial charge in [-0.25, -0.2) is 0 Å². The number of methoxy groups -OCH3 is 1. The standard InChI is InChI=1S/C14H17F2NO2/c1-19-12-6-4-11(5-7-12)9-17-8-2-3-13(18)14(15,16)10-17/h4-7H,2-3,8-10H2,1H3. The second-order valence-electron chi connectivity index (χ2n) is 4.79. The molecule has 1 aromatic carbocycles. The summed E-state index contributed by atoms with van der Waals surface area (Å²) in [5.74, 6) is -3.42. The molecular formula is C14H17F2NO2. The fourth-order valence-corrected chi connectivity index (χ4v) is 2.22. The molecule has 1 heterocycles. The maximum atomic E-state index is 13.5. The third kappa shape index (κ3) is 3.50. The van der Waals surface area contributed by atoms with Crippen molar-refractivity contribution in [3.05, 3.63) is 29.8 Å². The Hall–Kier alpha value is -1.49. The van der Waals surface area contributed by atoms with Crippen LogP contribution in [0.4, 0.5) is 8.78 Å². The summed E-state index contributed by atoms with van der Waals surface area (Å²) < 4.78 is 32.1. The van der Waals surface area contributed by atoms with E-state index in [9.17, 15) is 13.6 Å². The van der Waals surface area contributed by atoms with Gasteiger partial charge in [-0.1, -0.05) is 12.1 Å². The van der Waals surface area contributed by atoms with Crippen LogP contribution in [0.25, 0.3) is 0 Å². The van der Waals surface area contributed by atoms with E-state index in [4.69, 9.17) is 4.74 Å². The van der Waals surface area contributed by atoms with Crippen LogP contribution < -0.4 is 4.74 Å². The first kappa shape index (κ1) is 13.9. The van der Waals surface area contributed by atoms with Gasteiger partial charge in [0.2, 0.25) is 5.78 Å². The van der Waals surface area contributed by atoms with Gasteiger partial charge in [-0.15, -0.1) is 0 Å². The number of hydrogen-bond acceptors (Lipinski definition) is 3. The van der Waals surface area contributed by atoms with Gasteiger partial charge in [0.25, 0.3) is 0 Å². The van der Waals surface area contributed by atoms with Crippen molar-refractivity contribution in [2.45, 2.75) is 25.3 Å². The van der Waals surface area contributed by atoms with Crippen LogP contribution >= 0.6 is 0 Å². The molecule has 0 aromatic heterocycles. The topological polar surface area (TPSA) is 29.5 Å².